The molecule has 0 radical (unpaired) electrons. The van der Waals surface area contributed by atoms with Gasteiger partial charge in [-0.3, -0.25) is 0 Å². The molecule has 6 N–H and O–H groups in total. The number of guanidine groups is 2. The molecule has 0 aliphatic rings. The molecule has 1 aromatic rings. The Balaban J connectivity index is 3.19. The molecular weight excluding hydrogens is 228 g/mol. The molecule has 0 bridgehead atoms. The van der Waals surface area contributed by atoms with Crippen LogP contribution in [0, 0.1) is 11.3 Å². The monoisotopic (exact) mass is 236 g/mol. The number of halogens is 1. The van der Waals surface area contributed by atoms with E-state index in [4.69, 9.17) is 34.1 Å². The molecule has 6 nitrogen and oxygen atoms in total. The second-order valence-corrected chi connectivity index (χ2v) is 3.22. The van der Waals surface area contributed by atoms with E-state index in [9.17, 15) is 0 Å². The van der Waals surface area contributed by atoms with Crippen molar-refractivity contribution in [2.75, 3.05) is 0 Å². The predicted octanol–water partition coefficient (Wildman–Crippen LogP) is 0.431. The summed E-state index contributed by atoms with van der Waals surface area (Å²) >= 11 is 5.76. The average molecular weight is 237 g/mol. The summed E-state index contributed by atoms with van der Waals surface area (Å²) in [5.74, 6) is -0.347. The molecule has 0 saturated heterocycles. The maximum atomic E-state index is 8.82. The molecule has 16 heavy (non-hydrogen) atoms. The van der Waals surface area contributed by atoms with E-state index in [0.29, 0.717) is 16.3 Å². The van der Waals surface area contributed by atoms with Gasteiger partial charge in [0.25, 0.3) is 0 Å². The van der Waals surface area contributed by atoms with E-state index in [-0.39, 0.29) is 11.9 Å². The minimum Gasteiger partial charge on any atom is -0.370 e. The number of rotatable bonds is 1. The van der Waals surface area contributed by atoms with Crippen molar-refractivity contribution in [1.29, 1.82) is 5.26 Å². The summed E-state index contributed by atoms with van der Waals surface area (Å²) in [6.45, 7) is 0. The third-order valence-electron chi connectivity index (χ3n) is 1.56. The lowest BCUT2D eigenvalue weighted by Crippen LogP contribution is -2.26. The molecular formula is C9H9ClN6. The summed E-state index contributed by atoms with van der Waals surface area (Å²) in [5, 5.41) is 9.26. The van der Waals surface area contributed by atoms with E-state index in [1.165, 1.54) is 12.1 Å². The smallest absolute Gasteiger partial charge is 0.223 e. The maximum absolute atomic E-state index is 8.82. The minimum absolute atomic E-state index is 0.140. The fourth-order valence-electron chi connectivity index (χ4n) is 0.973. The van der Waals surface area contributed by atoms with Crippen LogP contribution >= 0.6 is 11.6 Å². The third kappa shape index (κ3) is 3.15. The molecule has 0 heterocycles. The highest BCUT2D eigenvalue weighted by atomic mass is 35.5. The van der Waals surface area contributed by atoms with Gasteiger partial charge in [0.2, 0.25) is 5.96 Å². The summed E-state index contributed by atoms with van der Waals surface area (Å²) in [5.41, 5.74) is 16.3. The Morgan fingerprint density at radius 3 is 2.56 bits per heavy atom. The van der Waals surface area contributed by atoms with Gasteiger partial charge in [-0.2, -0.15) is 10.3 Å². The lowest BCUT2D eigenvalue weighted by atomic mass is 10.2. The first-order chi connectivity index (χ1) is 7.52. The van der Waals surface area contributed by atoms with Crippen LogP contribution in [0.4, 0.5) is 5.69 Å². The zero-order valence-corrected chi connectivity index (χ0v) is 8.94. The second kappa shape index (κ2) is 5.00. The van der Waals surface area contributed by atoms with E-state index in [0.717, 1.165) is 0 Å². The van der Waals surface area contributed by atoms with Crippen LogP contribution in [-0.4, -0.2) is 11.9 Å². The summed E-state index contributed by atoms with van der Waals surface area (Å²) in [6.07, 6.45) is 0. The van der Waals surface area contributed by atoms with Gasteiger partial charge >= 0.3 is 0 Å². The molecule has 0 amide bonds. The zero-order chi connectivity index (χ0) is 12.1. The Hall–Kier alpha value is -2.26. The lowest BCUT2D eigenvalue weighted by Gasteiger charge is -1.99. The van der Waals surface area contributed by atoms with Gasteiger partial charge in [-0.25, -0.2) is 4.99 Å². The van der Waals surface area contributed by atoms with Crippen LogP contribution in [0.5, 0.6) is 0 Å². The van der Waals surface area contributed by atoms with Crippen LogP contribution in [0.25, 0.3) is 0 Å². The number of benzene rings is 1. The topological polar surface area (TPSA) is 127 Å². The first-order valence-corrected chi connectivity index (χ1v) is 4.54. The Bertz CT molecular complexity index is 495. The number of hydrogen-bond acceptors (Lipinski definition) is 2. The van der Waals surface area contributed by atoms with Crippen LogP contribution in [0.2, 0.25) is 5.02 Å². The van der Waals surface area contributed by atoms with Crippen molar-refractivity contribution in [2.24, 2.45) is 27.2 Å². The average Bonchev–Trinajstić information content (AvgIpc) is 2.16. The van der Waals surface area contributed by atoms with Crippen molar-refractivity contribution in [3.05, 3.63) is 28.8 Å². The van der Waals surface area contributed by atoms with Gasteiger partial charge in [0.15, 0.2) is 5.96 Å². The molecule has 0 aliphatic heterocycles. The second-order valence-electron chi connectivity index (χ2n) is 2.78. The van der Waals surface area contributed by atoms with Gasteiger partial charge in [0.1, 0.15) is 6.07 Å². The summed E-state index contributed by atoms with van der Waals surface area (Å²) in [4.78, 5) is 7.40. The van der Waals surface area contributed by atoms with Crippen LogP contribution < -0.4 is 17.2 Å². The standard InChI is InChI=1S/C9H9ClN6/c10-6-2-1-5(4-11)7(3-6)15-9(14)16-8(12)13/h1-3H,(H6,12,13,14,15,16). The van der Waals surface area contributed by atoms with Crippen LogP contribution in [0.1, 0.15) is 5.56 Å². The van der Waals surface area contributed by atoms with E-state index in [1.54, 1.807) is 6.07 Å². The van der Waals surface area contributed by atoms with Gasteiger partial charge in [0, 0.05) is 5.02 Å². The summed E-state index contributed by atoms with van der Waals surface area (Å²) in [7, 11) is 0. The molecule has 0 fully saturated rings. The van der Waals surface area contributed by atoms with E-state index in [2.05, 4.69) is 9.98 Å². The van der Waals surface area contributed by atoms with Gasteiger partial charge in [-0.15, -0.1) is 0 Å². The summed E-state index contributed by atoms with van der Waals surface area (Å²) in [6, 6.07) is 6.56. The molecule has 0 unspecified atom stereocenters. The van der Waals surface area contributed by atoms with Gasteiger partial charge in [-0.1, -0.05) is 11.6 Å². The molecule has 0 spiro atoms. The molecule has 0 atom stereocenters. The van der Waals surface area contributed by atoms with E-state index in [1.807, 2.05) is 6.07 Å². The molecule has 1 aromatic carbocycles. The largest absolute Gasteiger partial charge is 0.370 e. The highest BCUT2D eigenvalue weighted by molar-refractivity contribution is 6.30. The van der Waals surface area contributed by atoms with Crippen molar-refractivity contribution < 1.29 is 0 Å². The Labute approximate surface area is 97.0 Å². The summed E-state index contributed by atoms with van der Waals surface area (Å²) < 4.78 is 0. The number of nitrogens with zero attached hydrogens (tertiary/aromatic N) is 3. The fourth-order valence-corrected chi connectivity index (χ4v) is 1.14. The van der Waals surface area contributed by atoms with E-state index >= 15 is 0 Å². The van der Waals surface area contributed by atoms with Crippen molar-refractivity contribution in [3.8, 4) is 6.07 Å². The molecule has 0 saturated carbocycles. The van der Waals surface area contributed by atoms with Crippen molar-refractivity contribution >= 4 is 29.2 Å². The Kier molecular flexibility index (Phi) is 3.69. The highest BCUT2D eigenvalue weighted by Gasteiger charge is 2.02. The molecule has 0 aliphatic carbocycles. The number of nitriles is 1. The SMILES string of the molecule is N#Cc1ccc(Cl)cc1N=C(N)N=C(N)N. The fraction of sp³-hybridized carbons (Fsp3) is 0. The van der Waals surface area contributed by atoms with Crippen molar-refractivity contribution in [3.63, 3.8) is 0 Å². The van der Waals surface area contributed by atoms with Crippen LogP contribution in [0.15, 0.2) is 28.2 Å². The lowest BCUT2D eigenvalue weighted by molar-refractivity contribution is 1.36. The molecule has 82 valence electrons. The zero-order valence-electron chi connectivity index (χ0n) is 8.18. The van der Waals surface area contributed by atoms with E-state index < -0.39 is 0 Å². The first-order valence-electron chi connectivity index (χ1n) is 4.16. The normalized spacial score (nSPS) is 10.6. The van der Waals surface area contributed by atoms with Crippen LogP contribution in [-0.2, 0) is 0 Å². The number of nitrogens with two attached hydrogens (primary N) is 3. The first kappa shape index (κ1) is 11.8. The minimum atomic E-state index is -0.207. The van der Waals surface area contributed by atoms with Gasteiger partial charge < -0.3 is 17.2 Å². The molecule has 1 rings (SSSR count). The Morgan fingerprint density at radius 1 is 1.31 bits per heavy atom. The third-order valence-corrected chi connectivity index (χ3v) is 1.79. The number of hydrogen-bond donors (Lipinski definition) is 3. The Morgan fingerprint density at radius 2 is 2.00 bits per heavy atom. The maximum Gasteiger partial charge on any atom is 0.223 e. The highest BCUT2D eigenvalue weighted by Crippen LogP contribution is 2.23. The molecule has 7 heteroatoms. The predicted molar refractivity (Wildman–Crippen MR) is 63.3 cm³/mol. The van der Waals surface area contributed by atoms with Crippen molar-refractivity contribution in [2.45, 2.75) is 0 Å². The van der Waals surface area contributed by atoms with Gasteiger partial charge in [0.05, 0.1) is 11.3 Å². The molecule has 0 aromatic heterocycles. The van der Waals surface area contributed by atoms with Crippen LogP contribution in [0.3, 0.4) is 0 Å². The number of aliphatic imine (C=N–C) groups is 2. The van der Waals surface area contributed by atoms with Gasteiger partial charge in [-0.05, 0) is 18.2 Å². The quantitative estimate of drug-likeness (QED) is 0.483. The van der Waals surface area contributed by atoms with Crippen molar-refractivity contribution in [1.82, 2.24) is 0 Å².